The van der Waals surface area contributed by atoms with Crippen LogP contribution in [0.2, 0.25) is 0 Å². The molecule has 0 radical (unpaired) electrons. The molecule has 2 aromatic carbocycles. The van der Waals surface area contributed by atoms with Gasteiger partial charge in [-0.25, -0.2) is 0 Å². The number of hydrogen-bond donors (Lipinski definition) is 1. The predicted octanol–water partition coefficient (Wildman–Crippen LogP) is 4.80. The summed E-state index contributed by atoms with van der Waals surface area (Å²) in [6.45, 7) is 0. The van der Waals surface area contributed by atoms with Gasteiger partial charge in [-0.2, -0.15) is 0 Å². The molecule has 1 atom stereocenters. The third kappa shape index (κ3) is 2.19. The van der Waals surface area contributed by atoms with E-state index in [1.54, 1.807) is 6.20 Å². The van der Waals surface area contributed by atoms with Crippen LogP contribution in [0.1, 0.15) is 36.3 Å². The SMILES string of the molecule is O=C1CCCC2=C1[C@H](c1cccnc1)c1c(ccc3ccccc13)N2. The number of carbonyl (C=O) groups excluding carboxylic acids is 1. The minimum atomic E-state index is -0.0427. The minimum Gasteiger partial charge on any atom is -0.358 e. The molecule has 25 heavy (non-hydrogen) atoms. The van der Waals surface area contributed by atoms with Gasteiger partial charge in [-0.15, -0.1) is 0 Å². The molecule has 0 spiro atoms. The summed E-state index contributed by atoms with van der Waals surface area (Å²) in [5.74, 6) is 0.222. The van der Waals surface area contributed by atoms with Crippen molar-refractivity contribution in [2.45, 2.75) is 25.2 Å². The largest absolute Gasteiger partial charge is 0.358 e. The molecule has 2 aliphatic rings. The minimum absolute atomic E-state index is 0.0427. The van der Waals surface area contributed by atoms with Gasteiger partial charge in [0.2, 0.25) is 0 Å². The van der Waals surface area contributed by atoms with E-state index >= 15 is 0 Å². The molecule has 1 aliphatic carbocycles. The number of benzene rings is 2. The Kier molecular flexibility index (Phi) is 3.20. The molecule has 1 aliphatic heterocycles. The van der Waals surface area contributed by atoms with Crippen molar-refractivity contribution in [2.75, 3.05) is 5.32 Å². The first kappa shape index (κ1) is 14.4. The Labute approximate surface area is 146 Å². The Balaban J connectivity index is 1.85. The highest BCUT2D eigenvalue weighted by Crippen LogP contribution is 2.47. The van der Waals surface area contributed by atoms with Crippen LogP contribution in [0, 0.1) is 0 Å². The number of aromatic nitrogens is 1. The molecule has 122 valence electrons. The number of ketones is 1. The van der Waals surface area contributed by atoms with Gasteiger partial charge in [0.15, 0.2) is 5.78 Å². The zero-order chi connectivity index (χ0) is 16.8. The zero-order valence-corrected chi connectivity index (χ0v) is 13.8. The zero-order valence-electron chi connectivity index (χ0n) is 13.8. The molecule has 0 amide bonds. The van der Waals surface area contributed by atoms with Gasteiger partial charge in [-0.05, 0) is 46.9 Å². The van der Waals surface area contributed by atoms with Crippen molar-refractivity contribution in [3.8, 4) is 0 Å². The smallest absolute Gasteiger partial charge is 0.161 e. The summed E-state index contributed by atoms with van der Waals surface area (Å²) < 4.78 is 0. The van der Waals surface area contributed by atoms with Crippen LogP contribution in [0.15, 0.2) is 72.2 Å². The van der Waals surface area contributed by atoms with E-state index < -0.39 is 0 Å². The summed E-state index contributed by atoms with van der Waals surface area (Å²) in [6.07, 6.45) is 6.18. The second-order valence-corrected chi connectivity index (χ2v) is 6.76. The summed E-state index contributed by atoms with van der Waals surface area (Å²) in [5, 5.41) is 5.96. The molecule has 5 rings (SSSR count). The summed E-state index contributed by atoms with van der Waals surface area (Å²) >= 11 is 0. The van der Waals surface area contributed by atoms with Crippen LogP contribution < -0.4 is 5.32 Å². The number of nitrogens with zero attached hydrogens (tertiary/aromatic N) is 1. The fourth-order valence-corrected chi connectivity index (χ4v) is 4.23. The van der Waals surface area contributed by atoms with Gasteiger partial charge in [0, 0.05) is 41.7 Å². The first-order chi connectivity index (χ1) is 12.3. The maximum atomic E-state index is 12.8. The molecule has 3 aromatic rings. The highest BCUT2D eigenvalue weighted by molar-refractivity contribution is 6.04. The molecule has 0 saturated heterocycles. The van der Waals surface area contributed by atoms with E-state index in [2.05, 4.69) is 52.8 Å². The number of Topliss-reactive ketones (excluding diaryl/α,β-unsaturated/α-hetero) is 1. The van der Waals surface area contributed by atoms with Crippen LogP contribution in [-0.2, 0) is 4.79 Å². The van der Waals surface area contributed by atoms with Crippen LogP contribution in [0.3, 0.4) is 0 Å². The third-order valence-corrected chi connectivity index (χ3v) is 5.31. The number of allylic oxidation sites excluding steroid dienone is 2. The fraction of sp³-hybridized carbons (Fsp3) is 0.182. The molecular weight excluding hydrogens is 308 g/mol. The second kappa shape index (κ2) is 5.55. The van der Waals surface area contributed by atoms with Crippen LogP contribution in [0.4, 0.5) is 5.69 Å². The van der Waals surface area contributed by atoms with Crippen LogP contribution >= 0.6 is 0 Å². The number of carbonyl (C=O) groups is 1. The van der Waals surface area contributed by atoms with Crippen molar-refractivity contribution in [3.05, 3.63) is 83.3 Å². The van der Waals surface area contributed by atoms with Gasteiger partial charge in [-0.1, -0.05) is 36.4 Å². The highest BCUT2D eigenvalue weighted by atomic mass is 16.1. The molecular formula is C22H18N2O. The molecule has 1 N–H and O–H groups in total. The van der Waals surface area contributed by atoms with Crippen LogP contribution in [-0.4, -0.2) is 10.8 Å². The normalized spacial score (nSPS) is 19.4. The lowest BCUT2D eigenvalue weighted by Crippen LogP contribution is -2.27. The predicted molar refractivity (Wildman–Crippen MR) is 99.5 cm³/mol. The van der Waals surface area contributed by atoms with Crippen molar-refractivity contribution in [3.63, 3.8) is 0 Å². The topological polar surface area (TPSA) is 42.0 Å². The molecule has 3 heteroatoms. The van der Waals surface area contributed by atoms with Crippen LogP contribution in [0.5, 0.6) is 0 Å². The van der Waals surface area contributed by atoms with E-state index in [0.717, 1.165) is 35.4 Å². The average Bonchev–Trinajstić information content (AvgIpc) is 2.67. The Bertz CT molecular complexity index is 1020. The number of nitrogens with one attached hydrogen (secondary N) is 1. The van der Waals surface area contributed by atoms with E-state index in [9.17, 15) is 4.79 Å². The maximum absolute atomic E-state index is 12.8. The fourth-order valence-electron chi connectivity index (χ4n) is 4.23. The highest BCUT2D eigenvalue weighted by Gasteiger charge is 2.35. The monoisotopic (exact) mass is 326 g/mol. The van der Waals surface area contributed by atoms with Crippen molar-refractivity contribution in [1.29, 1.82) is 0 Å². The standard InChI is InChI=1S/C22H18N2O/c25-19-9-3-8-17-22(19)20(15-6-4-12-23-13-15)21-16-7-2-1-5-14(16)10-11-18(21)24-17/h1-2,4-7,10-13,20,24H,3,8-9H2/t20-/m1/s1. The van der Waals surface area contributed by atoms with E-state index in [4.69, 9.17) is 0 Å². The average molecular weight is 326 g/mol. The van der Waals surface area contributed by atoms with Crippen molar-refractivity contribution in [1.82, 2.24) is 4.98 Å². The molecule has 0 unspecified atom stereocenters. The third-order valence-electron chi connectivity index (χ3n) is 5.31. The summed E-state index contributed by atoms with van der Waals surface area (Å²) in [6, 6.07) is 16.7. The molecule has 0 bridgehead atoms. The van der Waals surface area contributed by atoms with Crippen molar-refractivity contribution in [2.24, 2.45) is 0 Å². The first-order valence-corrected chi connectivity index (χ1v) is 8.78. The summed E-state index contributed by atoms with van der Waals surface area (Å²) in [4.78, 5) is 17.2. The maximum Gasteiger partial charge on any atom is 0.161 e. The molecule has 0 saturated carbocycles. The van der Waals surface area contributed by atoms with Gasteiger partial charge >= 0.3 is 0 Å². The van der Waals surface area contributed by atoms with Crippen LogP contribution in [0.25, 0.3) is 10.8 Å². The summed E-state index contributed by atoms with van der Waals surface area (Å²) in [7, 11) is 0. The lowest BCUT2D eigenvalue weighted by atomic mass is 9.74. The number of anilines is 1. The van der Waals surface area contributed by atoms with Gasteiger partial charge in [0.1, 0.15) is 0 Å². The number of hydrogen-bond acceptors (Lipinski definition) is 3. The number of fused-ring (bicyclic) bond motifs is 3. The second-order valence-electron chi connectivity index (χ2n) is 6.76. The van der Waals surface area contributed by atoms with Gasteiger partial charge in [0.25, 0.3) is 0 Å². The van der Waals surface area contributed by atoms with E-state index in [0.29, 0.717) is 6.42 Å². The number of rotatable bonds is 1. The number of pyridine rings is 1. The van der Waals surface area contributed by atoms with Gasteiger partial charge in [-0.3, -0.25) is 9.78 Å². The van der Waals surface area contributed by atoms with Crippen molar-refractivity contribution >= 4 is 22.2 Å². The Morgan fingerprint density at radius 1 is 1.00 bits per heavy atom. The molecule has 1 aromatic heterocycles. The molecule has 2 heterocycles. The quantitative estimate of drug-likeness (QED) is 0.698. The van der Waals surface area contributed by atoms with E-state index in [1.165, 1.54) is 16.3 Å². The first-order valence-electron chi connectivity index (χ1n) is 8.78. The Morgan fingerprint density at radius 3 is 2.80 bits per heavy atom. The Hall–Kier alpha value is -2.94. The summed E-state index contributed by atoms with van der Waals surface area (Å²) in [5.41, 5.74) is 5.42. The lowest BCUT2D eigenvalue weighted by molar-refractivity contribution is -0.116. The molecule has 0 fully saturated rings. The molecule has 3 nitrogen and oxygen atoms in total. The van der Waals surface area contributed by atoms with Crippen molar-refractivity contribution < 1.29 is 4.79 Å². The van der Waals surface area contributed by atoms with Gasteiger partial charge in [0.05, 0.1) is 0 Å². The lowest BCUT2D eigenvalue weighted by Gasteiger charge is -2.34. The van der Waals surface area contributed by atoms with E-state index in [-0.39, 0.29) is 11.7 Å². The van der Waals surface area contributed by atoms with E-state index in [1.807, 2.05) is 12.3 Å². The Morgan fingerprint density at radius 2 is 1.92 bits per heavy atom. The van der Waals surface area contributed by atoms with Gasteiger partial charge < -0.3 is 5.32 Å².